The summed E-state index contributed by atoms with van der Waals surface area (Å²) in [6, 6.07) is 14.1. The molecule has 0 spiro atoms. The molecule has 1 heterocycles. The molecule has 0 amide bonds. The van der Waals surface area contributed by atoms with Crippen molar-refractivity contribution in [3.63, 3.8) is 0 Å². The van der Waals surface area contributed by atoms with Gasteiger partial charge < -0.3 is 4.74 Å². The van der Waals surface area contributed by atoms with Crippen molar-refractivity contribution in [2.75, 3.05) is 6.61 Å². The minimum atomic E-state index is 0.162. The fraction of sp³-hybridized carbons (Fsp3) is 0.312. The minimum absolute atomic E-state index is 0.162. The number of ether oxygens (including phenoxy) is 1. The van der Waals surface area contributed by atoms with Crippen molar-refractivity contribution < 1.29 is 4.74 Å². The van der Waals surface area contributed by atoms with Gasteiger partial charge in [0.05, 0.1) is 6.61 Å². The van der Waals surface area contributed by atoms with Crippen LogP contribution in [0.25, 0.3) is 0 Å². The molecule has 1 atom stereocenters. The average molecular weight is 271 g/mol. The van der Waals surface area contributed by atoms with Crippen molar-refractivity contribution in [3.05, 3.63) is 59.9 Å². The lowest BCUT2D eigenvalue weighted by Gasteiger charge is -2.16. The second kappa shape index (κ2) is 7.62. The van der Waals surface area contributed by atoms with Crippen LogP contribution in [0.5, 0.6) is 5.75 Å². The molecule has 106 valence electrons. The van der Waals surface area contributed by atoms with E-state index in [9.17, 15) is 0 Å². The maximum absolute atomic E-state index is 5.74. The van der Waals surface area contributed by atoms with Gasteiger partial charge in [-0.15, -0.1) is 0 Å². The van der Waals surface area contributed by atoms with E-state index >= 15 is 0 Å². The summed E-state index contributed by atoms with van der Waals surface area (Å²) in [5, 5.41) is 0. The molecule has 0 aliphatic carbocycles. The maximum Gasteiger partial charge on any atom is 0.119 e. The Kier molecular flexibility index (Phi) is 5.53. The third kappa shape index (κ3) is 4.64. The predicted octanol–water partition coefficient (Wildman–Crippen LogP) is 2.23. The lowest BCUT2D eigenvalue weighted by Crippen LogP contribution is -2.38. The number of hydrogen-bond acceptors (Lipinski definition) is 4. The molecular weight excluding hydrogens is 250 g/mol. The van der Waals surface area contributed by atoms with Crippen LogP contribution < -0.4 is 16.0 Å². The molecule has 0 saturated carbocycles. The average Bonchev–Trinajstić information content (AvgIpc) is 2.47. The highest BCUT2D eigenvalue weighted by molar-refractivity contribution is 5.27. The molecule has 2 aromatic rings. The molecule has 20 heavy (non-hydrogen) atoms. The highest BCUT2D eigenvalue weighted by atomic mass is 16.5. The van der Waals surface area contributed by atoms with E-state index in [1.165, 1.54) is 5.56 Å². The highest BCUT2D eigenvalue weighted by Gasteiger charge is 2.08. The normalized spacial score (nSPS) is 12.1. The van der Waals surface area contributed by atoms with Crippen molar-refractivity contribution in [2.45, 2.75) is 25.8 Å². The van der Waals surface area contributed by atoms with E-state index in [1.807, 2.05) is 36.4 Å². The Morgan fingerprint density at radius 1 is 1.25 bits per heavy atom. The van der Waals surface area contributed by atoms with Crippen molar-refractivity contribution in [3.8, 4) is 5.75 Å². The van der Waals surface area contributed by atoms with Gasteiger partial charge >= 0.3 is 0 Å². The summed E-state index contributed by atoms with van der Waals surface area (Å²) in [5.41, 5.74) is 5.06. The third-order valence-electron chi connectivity index (χ3n) is 3.14. The van der Waals surface area contributed by atoms with Crippen LogP contribution in [-0.4, -0.2) is 17.6 Å². The molecular formula is C16H21N3O. The zero-order valence-electron chi connectivity index (χ0n) is 11.8. The van der Waals surface area contributed by atoms with Crippen LogP contribution in [0.1, 0.15) is 17.7 Å². The van der Waals surface area contributed by atoms with Crippen LogP contribution in [0.2, 0.25) is 0 Å². The minimum Gasteiger partial charge on any atom is -0.494 e. The van der Waals surface area contributed by atoms with E-state index in [4.69, 9.17) is 10.6 Å². The zero-order chi connectivity index (χ0) is 14.2. The van der Waals surface area contributed by atoms with E-state index in [0.29, 0.717) is 6.61 Å². The number of nitrogens with one attached hydrogen (secondary N) is 1. The fourth-order valence-corrected chi connectivity index (χ4v) is 2.04. The second-order valence-electron chi connectivity index (χ2n) is 4.84. The van der Waals surface area contributed by atoms with E-state index in [0.717, 1.165) is 24.3 Å². The van der Waals surface area contributed by atoms with E-state index < -0.39 is 0 Å². The number of hydrazine groups is 1. The number of rotatable bonds is 7. The molecule has 0 radical (unpaired) electrons. The Hall–Kier alpha value is -1.91. The van der Waals surface area contributed by atoms with Crippen molar-refractivity contribution in [1.82, 2.24) is 10.4 Å². The van der Waals surface area contributed by atoms with Gasteiger partial charge in [-0.2, -0.15) is 0 Å². The number of hydrogen-bond donors (Lipinski definition) is 2. The quantitative estimate of drug-likeness (QED) is 0.599. The lowest BCUT2D eigenvalue weighted by molar-refractivity contribution is 0.284. The van der Waals surface area contributed by atoms with E-state index in [-0.39, 0.29) is 6.04 Å². The molecule has 1 unspecified atom stereocenters. The summed E-state index contributed by atoms with van der Waals surface area (Å²) in [5.74, 6) is 6.49. The van der Waals surface area contributed by atoms with Crippen LogP contribution in [0, 0.1) is 6.92 Å². The highest BCUT2D eigenvalue weighted by Crippen LogP contribution is 2.13. The van der Waals surface area contributed by atoms with Gasteiger partial charge in [0.2, 0.25) is 0 Å². The standard InChI is InChI=1S/C16H21N3O/c1-13-5-4-7-16(11-13)20-10-8-15(19-17)12-14-6-2-3-9-18-14/h2-7,9,11,15,19H,8,10,12,17H2,1H3. The number of nitrogens with two attached hydrogens (primary N) is 1. The Bertz CT molecular complexity index is 516. The Balaban J connectivity index is 1.79. The SMILES string of the molecule is Cc1cccc(OCCC(Cc2ccccn2)NN)c1. The van der Waals surface area contributed by atoms with E-state index in [2.05, 4.69) is 23.4 Å². The van der Waals surface area contributed by atoms with Gasteiger partial charge in [0.15, 0.2) is 0 Å². The van der Waals surface area contributed by atoms with Crippen LogP contribution in [0.3, 0.4) is 0 Å². The first-order valence-corrected chi connectivity index (χ1v) is 6.83. The molecule has 3 N–H and O–H groups in total. The smallest absolute Gasteiger partial charge is 0.119 e. The number of aromatic nitrogens is 1. The van der Waals surface area contributed by atoms with Crippen LogP contribution in [-0.2, 0) is 6.42 Å². The summed E-state index contributed by atoms with van der Waals surface area (Å²) in [7, 11) is 0. The number of aryl methyl sites for hydroxylation is 1. The number of pyridine rings is 1. The molecule has 1 aromatic carbocycles. The molecule has 0 aliphatic rings. The summed E-state index contributed by atoms with van der Waals surface area (Å²) in [4.78, 5) is 4.31. The van der Waals surface area contributed by atoms with Crippen LogP contribution in [0.4, 0.5) is 0 Å². The van der Waals surface area contributed by atoms with Crippen molar-refractivity contribution >= 4 is 0 Å². The summed E-state index contributed by atoms with van der Waals surface area (Å²) >= 11 is 0. The van der Waals surface area contributed by atoms with Gasteiger partial charge in [-0.3, -0.25) is 16.3 Å². The summed E-state index contributed by atoms with van der Waals surface area (Å²) in [6.45, 7) is 2.68. The first-order valence-electron chi connectivity index (χ1n) is 6.83. The Morgan fingerprint density at radius 3 is 2.85 bits per heavy atom. The molecule has 0 saturated heterocycles. The van der Waals surface area contributed by atoms with Gasteiger partial charge in [0.1, 0.15) is 5.75 Å². The maximum atomic E-state index is 5.74. The van der Waals surface area contributed by atoms with Gasteiger partial charge in [-0.05, 0) is 43.2 Å². The van der Waals surface area contributed by atoms with Crippen molar-refractivity contribution in [1.29, 1.82) is 0 Å². The van der Waals surface area contributed by atoms with Gasteiger partial charge in [-0.25, -0.2) is 0 Å². The second-order valence-corrected chi connectivity index (χ2v) is 4.84. The molecule has 4 heteroatoms. The largest absolute Gasteiger partial charge is 0.494 e. The van der Waals surface area contributed by atoms with Crippen LogP contribution in [0.15, 0.2) is 48.7 Å². The fourth-order valence-electron chi connectivity index (χ4n) is 2.04. The number of nitrogens with zero attached hydrogens (tertiary/aromatic N) is 1. The zero-order valence-corrected chi connectivity index (χ0v) is 11.8. The topological polar surface area (TPSA) is 60.2 Å². The number of benzene rings is 1. The molecule has 0 fully saturated rings. The first kappa shape index (κ1) is 14.5. The summed E-state index contributed by atoms with van der Waals surface area (Å²) < 4.78 is 5.74. The van der Waals surface area contributed by atoms with Gasteiger partial charge in [0, 0.05) is 24.4 Å². The molecule has 0 aliphatic heterocycles. The van der Waals surface area contributed by atoms with Gasteiger partial charge in [-0.1, -0.05) is 18.2 Å². The Labute approximate surface area is 120 Å². The van der Waals surface area contributed by atoms with E-state index in [1.54, 1.807) is 6.20 Å². The predicted molar refractivity (Wildman–Crippen MR) is 80.3 cm³/mol. The van der Waals surface area contributed by atoms with Crippen LogP contribution >= 0.6 is 0 Å². The van der Waals surface area contributed by atoms with Gasteiger partial charge in [0.25, 0.3) is 0 Å². The lowest BCUT2D eigenvalue weighted by atomic mass is 10.1. The monoisotopic (exact) mass is 271 g/mol. The molecule has 1 aromatic heterocycles. The molecule has 2 rings (SSSR count). The molecule has 4 nitrogen and oxygen atoms in total. The molecule has 0 bridgehead atoms. The summed E-state index contributed by atoms with van der Waals surface area (Å²) in [6.07, 6.45) is 3.43. The Morgan fingerprint density at radius 2 is 2.15 bits per heavy atom. The third-order valence-corrected chi connectivity index (χ3v) is 3.14. The van der Waals surface area contributed by atoms with Crippen molar-refractivity contribution in [2.24, 2.45) is 5.84 Å². The first-order chi connectivity index (χ1) is 9.78.